The lowest BCUT2D eigenvalue weighted by Gasteiger charge is -2.19. The van der Waals surface area contributed by atoms with Gasteiger partial charge in [0.25, 0.3) is 5.91 Å². The van der Waals surface area contributed by atoms with Gasteiger partial charge in [-0.1, -0.05) is 24.3 Å². The molecule has 0 spiro atoms. The van der Waals surface area contributed by atoms with E-state index in [-0.39, 0.29) is 19.1 Å². The number of methoxy groups -OCH3 is 1. The predicted octanol–water partition coefficient (Wildman–Crippen LogP) is 4.02. The van der Waals surface area contributed by atoms with Crippen LogP contribution in [0, 0.1) is 6.92 Å². The van der Waals surface area contributed by atoms with Crippen LogP contribution in [0.1, 0.15) is 41.2 Å². The SMILES string of the molecule is COc1ccc(-c2c(C)nn3c(NCc4cccc(-c5nccn5C)c4)cc(C(C)(C)O)nc23)cc1C(=O)N(C)CCO. The van der Waals surface area contributed by atoms with Crippen LogP contribution in [0.5, 0.6) is 5.75 Å². The van der Waals surface area contributed by atoms with E-state index in [0.29, 0.717) is 40.7 Å². The van der Waals surface area contributed by atoms with E-state index in [4.69, 9.17) is 14.8 Å². The number of nitrogens with one attached hydrogen (secondary N) is 1. The number of amides is 1. The fourth-order valence-corrected chi connectivity index (χ4v) is 5.05. The van der Waals surface area contributed by atoms with Crippen LogP contribution in [0.2, 0.25) is 0 Å². The molecule has 0 fully saturated rings. The van der Waals surface area contributed by atoms with Crippen molar-refractivity contribution in [3.63, 3.8) is 0 Å². The summed E-state index contributed by atoms with van der Waals surface area (Å²) in [5.74, 6) is 1.69. The summed E-state index contributed by atoms with van der Waals surface area (Å²) < 4.78 is 9.19. The van der Waals surface area contributed by atoms with Crippen LogP contribution >= 0.6 is 0 Å². The summed E-state index contributed by atoms with van der Waals surface area (Å²) in [4.78, 5) is 24.0. The molecule has 2 aromatic carbocycles. The van der Waals surface area contributed by atoms with Crippen LogP contribution in [-0.2, 0) is 19.2 Å². The first-order valence-electron chi connectivity index (χ1n) is 14.0. The number of aliphatic hydroxyl groups excluding tert-OH is 1. The lowest BCUT2D eigenvalue weighted by atomic mass is 10.0. The number of aliphatic hydroxyl groups is 2. The average molecular weight is 584 g/mol. The van der Waals surface area contributed by atoms with E-state index in [9.17, 15) is 15.0 Å². The number of anilines is 1. The molecule has 3 aromatic heterocycles. The molecule has 5 rings (SSSR count). The number of imidazole rings is 1. The number of rotatable bonds is 10. The number of carbonyl (C=O) groups excluding carboxylic acids is 1. The first-order valence-corrected chi connectivity index (χ1v) is 14.0. The molecule has 0 saturated carbocycles. The summed E-state index contributed by atoms with van der Waals surface area (Å²) in [7, 11) is 5.11. The molecular weight excluding hydrogens is 546 g/mol. The van der Waals surface area contributed by atoms with Gasteiger partial charge in [-0.25, -0.2) is 9.97 Å². The van der Waals surface area contributed by atoms with Crippen LogP contribution < -0.4 is 10.1 Å². The van der Waals surface area contributed by atoms with Gasteiger partial charge in [0.1, 0.15) is 23.0 Å². The van der Waals surface area contributed by atoms with Gasteiger partial charge in [-0.2, -0.15) is 9.61 Å². The molecule has 0 bridgehead atoms. The van der Waals surface area contributed by atoms with Crippen molar-refractivity contribution in [3.8, 4) is 28.3 Å². The van der Waals surface area contributed by atoms with Crippen LogP contribution in [0.4, 0.5) is 5.82 Å². The van der Waals surface area contributed by atoms with E-state index in [1.54, 1.807) is 49.8 Å². The number of aromatic nitrogens is 5. The number of benzene rings is 2. The van der Waals surface area contributed by atoms with Crippen molar-refractivity contribution in [1.29, 1.82) is 0 Å². The average Bonchev–Trinajstić information content (AvgIpc) is 3.56. The molecule has 0 aliphatic heterocycles. The lowest BCUT2D eigenvalue weighted by Crippen LogP contribution is -2.29. The van der Waals surface area contributed by atoms with E-state index in [1.807, 2.05) is 49.0 Å². The van der Waals surface area contributed by atoms with Gasteiger partial charge < -0.3 is 29.7 Å². The fraction of sp³-hybridized carbons (Fsp3) is 0.312. The minimum atomic E-state index is -1.22. The molecule has 0 radical (unpaired) electrons. The minimum Gasteiger partial charge on any atom is -0.496 e. The first-order chi connectivity index (χ1) is 20.5. The molecule has 43 heavy (non-hydrogen) atoms. The smallest absolute Gasteiger partial charge is 0.257 e. The van der Waals surface area contributed by atoms with Crippen molar-refractivity contribution in [2.24, 2.45) is 7.05 Å². The topological polar surface area (TPSA) is 130 Å². The zero-order valence-electron chi connectivity index (χ0n) is 25.3. The number of hydrogen-bond acceptors (Lipinski definition) is 8. The van der Waals surface area contributed by atoms with E-state index in [2.05, 4.69) is 16.4 Å². The quantitative estimate of drug-likeness (QED) is 0.225. The normalized spacial score (nSPS) is 11.6. The molecule has 3 N–H and O–H groups in total. The standard InChI is InChI=1S/C32H37N7O4/c1-20-28(22-10-11-25(43-6)24(17-22)31(41)38(5)14-15-40)30-35-26(32(2,3)42)18-27(39(30)36-20)34-19-21-8-7-9-23(16-21)29-33-12-13-37(29)4/h7-13,16-18,34,40,42H,14-15,19H2,1-6H3. The second-order valence-corrected chi connectivity index (χ2v) is 11.1. The number of likely N-dealkylation sites (N-methyl/N-ethyl adjacent to an activating group) is 1. The zero-order chi connectivity index (χ0) is 30.9. The van der Waals surface area contributed by atoms with Gasteiger partial charge >= 0.3 is 0 Å². The summed E-state index contributed by atoms with van der Waals surface area (Å²) in [5, 5.41) is 28.6. The zero-order valence-corrected chi connectivity index (χ0v) is 25.3. The molecule has 5 aromatic rings. The molecule has 0 atom stereocenters. The molecule has 0 aliphatic rings. The second kappa shape index (κ2) is 11.9. The Labute approximate surface area is 250 Å². The van der Waals surface area contributed by atoms with E-state index in [1.165, 1.54) is 12.0 Å². The summed E-state index contributed by atoms with van der Waals surface area (Å²) in [6.07, 6.45) is 3.69. The number of hydrogen-bond donors (Lipinski definition) is 3. The Morgan fingerprint density at radius 3 is 2.60 bits per heavy atom. The van der Waals surface area contributed by atoms with Crippen molar-refractivity contribution in [2.75, 3.05) is 32.6 Å². The Kier molecular flexibility index (Phi) is 8.21. The van der Waals surface area contributed by atoms with Gasteiger partial charge in [0.15, 0.2) is 5.65 Å². The number of fused-ring (bicyclic) bond motifs is 1. The monoisotopic (exact) mass is 583 g/mol. The largest absolute Gasteiger partial charge is 0.496 e. The van der Waals surface area contributed by atoms with Crippen molar-refractivity contribution in [1.82, 2.24) is 29.0 Å². The molecule has 11 nitrogen and oxygen atoms in total. The van der Waals surface area contributed by atoms with E-state index >= 15 is 0 Å². The molecule has 0 aliphatic carbocycles. The third-order valence-electron chi connectivity index (χ3n) is 7.37. The highest BCUT2D eigenvalue weighted by atomic mass is 16.5. The predicted molar refractivity (Wildman–Crippen MR) is 165 cm³/mol. The molecule has 3 heterocycles. The second-order valence-electron chi connectivity index (χ2n) is 11.1. The van der Waals surface area contributed by atoms with Gasteiger partial charge in [0, 0.05) is 56.8 Å². The van der Waals surface area contributed by atoms with Crippen LogP contribution in [-0.4, -0.2) is 72.5 Å². The maximum absolute atomic E-state index is 13.2. The van der Waals surface area contributed by atoms with Gasteiger partial charge in [-0.3, -0.25) is 4.79 Å². The van der Waals surface area contributed by atoms with Gasteiger partial charge in [-0.05, 0) is 50.1 Å². The highest BCUT2D eigenvalue weighted by Gasteiger charge is 2.25. The highest BCUT2D eigenvalue weighted by Crippen LogP contribution is 2.34. The summed E-state index contributed by atoms with van der Waals surface area (Å²) in [6.45, 7) is 5.81. The molecule has 0 saturated heterocycles. The highest BCUT2D eigenvalue weighted by molar-refractivity contribution is 5.99. The Balaban J connectivity index is 1.58. The number of nitrogens with zero attached hydrogens (tertiary/aromatic N) is 6. The third kappa shape index (κ3) is 5.95. The molecule has 11 heteroatoms. The number of carbonyl (C=O) groups is 1. The van der Waals surface area contributed by atoms with Crippen LogP contribution in [0.3, 0.4) is 0 Å². The van der Waals surface area contributed by atoms with Crippen molar-refractivity contribution >= 4 is 17.4 Å². The maximum atomic E-state index is 13.2. The van der Waals surface area contributed by atoms with E-state index in [0.717, 1.165) is 28.1 Å². The Morgan fingerprint density at radius 1 is 1.14 bits per heavy atom. The van der Waals surface area contributed by atoms with Crippen molar-refractivity contribution in [3.05, 3.63) is 83.4 Å². The lowest BCUT2D eigenvalue weighted by molar-refractivity contribution is 0.0739. The maximum Gasteiger partial charge on any atom is 0.257 e. The Morgan fingerprint density at radius 2 is 1.93 bits per heavy atom. The molecule has 0 unspecified atom stereocenters. The van der Waals surface area contributed by atoms with Crippen molar-refractivity contribution in [2.45, 2.75) is 32.9 Å². The Hall–Kier alpha value is -4.74. The fourth-order valence-electron chi connectivity index (χ4n) is 5.05. The Bertz CT molecular complexity index is 1780. The number of aryl methyl sites for hydroxylation is 2. The molecular formula is C32H37N7O4. The number of ether oxygens (including phenoxy) is 1. The molecule has 224 valence electrons. The first kappa shape index (κ1) is 29.7. The minimum absolute atomic E-state index is 0.149. The van der Waals surface area contributed by atoms with Crippen LogP contribution in [0.15, 0.2) is 60.9 Å². The third-order valence-corrected chi connectivity index (χ3v) is 7.37. The van der Waals surface area contributed by atoms with Gasteiger partial charge in [-0.15, -0.1) is 0 Å². The van der Waals surface area contributed by atoms with Crippen molar-refractivity contribution < 1.29 is 19.7 Å². The van der Waals surface area contributed by atoms with Gasteiger partial charge in [0.05, 0.1) is 30.7 Å². The summed E-state index contributed by atoms with van der Waals surface area (Å²) in [6, 6.07) is 15.3. The summed E-state index contributed by atoms with van der Waals surface area (Å²) >= 11 is 0. The molecule has 1 amide bonds. The van der Waals surface area contributed by atoms with E-state index < -0.39 is 5.60 Å². The summed E-state index contributed by atoms with van der Waals surface area (Å²) in [5.41, 5.74) is 4.36. The van der Waals surface area contributed by atoms with Crippen LogP contribution in [0.25, 0.3) is 28.2 Å². The van der Waals surface area contributed by atoms with Gasteiger partial charge in [0.2, 0.25) is 0 Å².